The summed E-state index contributed by atoms with van der Waals surface area (Å²) in [5, 5.41) is 8.79. The molecular formula is C14H18N2O. The van der Waals surface area contributed by atoms with Crippen LogP contribution in [0, 0.1) is 0 Å². The topological polar surface area (TPSA) is 49.5 Å². The number of nitrogens with two attached hydrogens (primary N) is 1. The molecule has 0 aromatic heterocycles. The average Bonchev–Trinajstić information content (AvgIpc) is 2.35. The Labute approximate surface area is 102 Å². The van der Waals surface area contributed by atoms with E-state index in [0.29, 0.717) is 5.69 Å². The van der Waals surface area contributed by atoms with Crippen LogP contribution in [0.5, 0.6) is 5.75 Å². The van der Waals surface area contributed by atoms with Gasteiger partial charge in [0.2, 0.25) is 0 Å². The summed E-state index contributed by atoms with van der Waals surface area (Å²) in [4.78, 5) is 2.08. The monoisotopic (exact) mass is 230 g/mol. The fourth-order valence-electron chi connectivity index (χ4n) is 1.21. The largest absolute Gasteiger partial charge is 0.506 e. The number of anilines is 2. The molecule has 3 nitrogen and oxygen atoms in total. The molecule has 0 aliphatic heterocycles. The molecule has 0 aliphatic rings. The first-order valence-corrected chi connectivity index (χ1v) is 5.37. The van der Waals surface area contributed by atoms with Crippen LogP contribution in [0.3, 0.4) is 0 Å². The van der Waals surface area contributed by atoms with Gasteiger partial charge in [-0.1, -0.05) is 30.3 Å². The number of aromatic hydroxyl groups is 1. The third-order valence-electron chi connectivity index (χ3n) is 2.21. The second-order valence-electron chi connectivity index (χ2n) is 3.79. The number of rotatable bonds is 1. The Bertz CT molecular complexity index is 420. The number of nitrogen functional groups attached to an aromatic ring is 1. The van der Waals surface area contributed by atoms with Crippen LogP contribution in [-0.2, 0) is 0 Å². The maximum atomic E-state index is 8.79. The molecule has 0 unspecified atom stereocenters. The summed E-state index contributed by atoms with van der Waals surface area (Å²) in [6.07, 6.45) is 0. The van der Waals surface area contributed by atoms with E-state index >= 15 is 0 Å². The van der Waals surface area contributed by atoms with E-state index in [0.717, 1.165) is 0 Å². The van der Waals surface area contributed by atoms with Crippen molar-refractivity contribution >= 4 is 11.4 Å². The second kappa shape index (κ2) is 6.43. The number of phenolic OH excluding ortho intramolecular Hbond substituents is 1. The third-order valence-corrected chi connectivity index (χ3v) is 2.21. The van der Waals surface area contributed by atoms with Crippen LogP contribution in [0.25, 0.3) is 0 Å². The quantitative estimate of drug-likeness (QED) is 0.585. The van der Waals surface area contributed by atoms with Crippen LogP contribution in [0.1, 0.15) is 0 Å². The average molecular weight is 230 g/mol. The van der Waals surface area contributed by atoms with Crippen molar-refractivity contribution in [1.29, 1.82) is 0 Å². The fraction of sp³-hybridized carbons (Fsp3) is 0.143. The minimum absolute atomic E-state index is 0.146. The summed E-state index contributed by atoms with van der Waals surface area (Å²) in [5.74, 6) is 0.146. The van der Waals surface area contributed by atoms with Gasteiger partial charge in [-0.15, -0.1) is 0 Å². The van der Waals surface area contributed by atoms with Gasteiger partial charge in [0.1, 0.15) is 5.75 Å². The van der Waals surface area contributed by atoms with Gasteiger partial charge in [-0.05, 0) is 24.3 Å². The van der Waals surface area contributed by atoms with Gasteiger partial charge in [0.05, 0.1) is 5.69 Å². The van der Waals surface area contributed by atoms with Crippen molar-refractivity contribution in [1.82, 2.24) is 0 Å². The molecule has 0 saturated heterocycles. The lowest BCUT2D eigenvalue weighted by molar-refractivity contribution is 0.478. The number of para-hydroxylation sites is 3. The Morgan fingerprint density at radius 2 is 1.41 bits per heavy atom. The molecule has 0 radical (unpaired) electrons. The van der Waals surface area contributed by atoms with E-state index in [2.05, 4.69) is 17.0 Å². The van der Waals surface area contributed by atoms with E-state index in [9.17, 15) is 0 Å². The van der Waals surface area contributed by atoms with Crippen molar-refractivity contribution in [3.8, 4) is 5.75 Å². The van der Waals surface area contributed by atoms with E-state index in [-0.39, 0.29) is 5.75 Å². The van der Waals surface area contributed by atoms with Crippen molar-refractivity contribution in [2.24, 2.45) is 0 Å². The molecule has 0 bridgehead atoms. The van der Waals surface area contributed by atoms with Gasteiger partial charge in [0.25, 0.3) is 0 Å². The van der Waals surface area contributed by atoms with Gasteiger partial charge in [0, 0.05) is 19.8 Å². The molecule has 0 aliphatic carbocycles. The van der Waals surface area contributed by atoms with E-state index in [1.807, 2.05) is 32.3 Å². The van der Waals surface area contributed by atoms with Crippen LogP contribution >= 0.6 is 0 Å². The van der Waals surface area contributed by atoms with E-state index in [4.69, 9.17) is 10.8 Å². The van der Waals surface area contributed by atoms with Crippen molar-refractivity contribution in [3.63, 3.8) is 0 Å². The Morgan fingerprint density at radius 1 is 0.882 bits per heavy atom. The summed E-state index contributed by atoms with van der Waals surface area (Å²) in [7, 11) is 4.07. The zero-order valence-corrected chi connectivity index (χ0v) is 10.2. The summed E-state index contributed by atoms with van der Waals surface area (Å²) >= 11 is 0. The van der Waals surface area contributed by atoms with Crippen LogP contribution in [0.15, 0.2) is 54.6 Å². The highest BCUT2D eigenvalue weighted by Gasteiger charge is 1.88. The zero-order valence-electron chi connectivity index (χ0n) is 10.2. The standard InChI is InChI=1S/C8H11N.C6H7NO/c1-9(2)8-6-4-3-5-7-8;7-5-3-1-2-4-6(5)8/h3-7H,1-2H3;1-4,8H,7H2. The first kappa shape index (κ1) is 12.9. The Morgan fingerprint density at radius 3 is 1.76 bits per heavy atom. The van der Waals surface area contributed by atoms with Crippen LogP contribution < -0.4 is 10.6 Å². The van der Waals surface area contributed by atoms with E-state index < -0.39 is 0 Å². The highest BCUT2D eigenvalue weighted by Crippen LogP contribution is 2.16. The smallest absolute Gasteiger partial charge is 0.138 e. The SMILES string of the molecule is CN(C)c1ccccc1.Nc1ccccc1O. The number of nitrogens with zero attached hydrogens (tertiary/aromatic N) is 1. The van der Waals surface area contributed by atoms with Gasteiger partial charge >= 0.3 is 0 Å². The van der Waals surface area contributed by atoms with Gasteiger partial charge < -0.3 is 15.7 Å². The van der Waals surface area contributed by atoms with Gasteiger partial charge in [0.15, 0.2) is 0 Å². The van der Waals surface area contributed by atoms with Crippen molar-refractivity contribution in [3.05, 3.63) is 54.6 Å². The number of phenols is 1. The van der Waals surface area contributed by atoms with Crippen molar-refractivity contribution in [2.75, 3.05) is 24.7 Å². The lowest BCUT2D eigenvalue weighted by Crippen LogP contribution is -2.07. The number of benzene rings is 2. The van der Waals surface area contributed by atoms with E-state index in [1.54, 1.807) is 24.3 Å². The molecule has 0 saturated carbocycles. The summed E-state index contributed by atoms with van der Waals surface area (Å²) in [6, 6.07) is 17.0. The molecule has 90 valence electrons. The third kappa shape index (κ3) is 4.47. The normalized spacial score (nSPS) is 9.06. The molecule has 2 aromatic carbocycles. The molecule has 0 heterocycles. The first-order valence-electron chi connectivity index (χ1n) is 5.37. The van der Waals surface area contributed by atoms with Crippen LogP contribution in [0.2, 0.25) is 0 Å². The lowest BCUT2D eigenvalue weighted by Gasteiger charge is -2.10. The maximum absolute atomic E-state index is 8.79. The Hall–Kier alpha value is -2.16. The minimum atomic E-state index is 0.146. The maximum Gasteiger partial charge on any atom is 0.138 e. The highest BCUT2D eigenvalue weighted by atomic mass is 16.3. The zero-order chi connectivity index (χ0) is 12.7. The summed E-state index contributed by atoms with van der Waals surface area (Å²) < 4.78 is 0. The highest BCUT2D eigenvalue weighted by molar-refractivity contribution is 5.50. The predicted octanol–water partition coefficient (Wildman–Crippen LogP) is 2.73. The van der Waals surface area contributed by atoms with Crippen LogP contribution in [-0.4, -0.2) is 19.2 Å². The van der Waals surface area contributed by atoms with E-state index in [1.165, 1.54) is 5.69 Å². The molecule has 0 fully saturated rings. The molecular weight excluding hydrogens is 212 g/mol. The van der Waals surface area contributed by atoms with Gasteiger partial charge in [-0.2, -0.15) is 0 Å². The fourth-order valence-corrected chi connectivity index (χ4v) is 1.21. The van der Waals surface area contributed by atoms with Crippen molar-refractivity contribution < 1.29 is 5.11 Å². The lowest BCUT2D eigenvalue weighted by atomic mass is 10.3. The summed E-state index contributed by atoms with van der Waals surface area (Å²) in [6.45, 7) is 0. The van der Waals surface area contributed by atoms with Crippen molar-refractivity contribution in [2.45, 2.75) is 0 Å². The van der Waals surface area contributed by atoms with Gasteiger partial charge in [-0.3, -0.25) is 0 Å². The predicted molar refractivity (Wildman–Crippen MR) is 73.3 cm³/mol. The Kier molecular flexibility index (Phi) is 4.88. The summed E-state index contributed by atoms with van der Waals surface area (Å²) in [5.41, 5.74) is 6.94. The van der Waals surface area contributed by atoms with Gasteiger partial charge in [-0.25, -0.2) is 0 Å². The molecule has 17 heavy (non-hydrogen) atoms. The number of hydrogen-bond acceptors (Lipinski definition) is 3. The Balaban J connectivity index is 0.000000171. The molecule has 0 spiro atoms. The molecule has 2 rings (SSSR count). The second-order valence-corrected chi connectivity index (χ2v) is 3.79. The minimum Gasteiger partial charge on any atom is -0.506 e. The molecule has 3 N–H and O–H groups in total. The molecule has 3 heteroatoms. The first-order chi connectivity index (χ1) is 8.11. The number of hydrogen-bond donors (Lipinski definition) is 2. The molecule has 0 atom stereocenters. The molecule has 2 aromatic rings. The van der Waals surface area contributed by atoms with Crippen LogP contribution in [0.4, 0.5) is 11.4 Å². The molecule has 0 amide bonds.